The van der Waals surface area contributed by atoms with Crippen molar-refractivity contribution in [2.24, 2.45) is 0 Å². The molecule has 1 amide bonds. The van der Waals surface area contributed by atoms with E-state index >= 15 is 0 Å². The van der Waals surface area contributed by atoms with Gasteiger partial charge in [0, 0.05) is 14.9 Å². The van der Waals surface area contributed by atoms with Crippen molar-refractivity contribution >= 4 is 78.9 Å². The van der Waals surface area contributed by atoms with Crippen molar-refractivity contribution in [2.75, 3.05) is 11.9 Å². The number of thiophene rings is 1. The van der Waals surface area contributed by atoms with Gasteiger partial charge in [0.15, 0.2) is 0 Å². The molecule has 3 rings (SSSR count). The molecule has 0 saturated carbocycles. The van der Waals surface area contributed by atoms with Crippen molar-refractivity contribution in [1.82, 2.24) is 5.32 Å². The third-order valence-corrected chi connectivity index (χ3v) is 7.04. The van der Waals surface area contributed by atoms with Crippen LogP contribution in [0.25, 0.3) is 0 Å². The average Bonchev–Trinajstić information content (AvgIpc) is 3.05. The van der Waals surface area contributed by atoms with E-state index in [1.807, 2.05) is 0 Å². The molecule has 0 saturated heterocycles. The van der Waals surface area contributed by atoms with Gasteiger partial charge in [0.2, 0.25) is 3.79 Å². The van der Waals surface area contributed by atoms with Crippen LogP contribution in [0.3, 0.4) is 0 Å². The zero-order chi connectivity index (χ0) is 21.9. The molecule has 2 N–H and O–H groups in total. The molecule has 1 aliphatic carbocycles. The molecule has 0 unspecified atom stereocenters. The van der Waals surface area contributed by atoms with Crippen LogP contribution in [-0.4, -0.2) is 28.4 Å². The Balaban J connectivity index is 1.90. The second kappa shape index (κ2) is 10.1. The number of hydrogen-bond acceptors (Lipinski definition) is 5. The molecule has 1 aromatic heterocycles. The van der Waals surface area contributed by atoms with Gasteiger partial charge in [0.05, 0.1) is 12.2 Å². The Bertz CT molecular complexity index is 929. The zero-order valence-corrected chi connectivity index (χ0v) is 20.7. The van der Waals surface area contributed by atoms with Crippen molar-refractivity contribution in [3.05, 3.63) is 50.3 Å². The Hall–Kier alpha value is -0.990. The number of carbonyl (C=O) groups is 2. The molecule has 0 aliphatic heterocycles. The monoisotopic (exact) mass is 552 g/mol. The number of halogens is 4. The minimum atomic E-state index is -1.86. The summed E-state index contributed by atoms with van der Waals surface area (Å²) in [5.41, 5.74) is 1.86. The largest absolute Gasteiger partial charge is 0.462 e. The number of rotatable bonds is 6. The third kappa shape index (κ3) is 5.62. The first-order valence-electron chi connectivity index (χ1n) is 9.42. The van der Waals surface area contributed by atoms with Crippen LogP contribution in [0, 0.1) is 0 Å². The highest BCUT2D eigenvalue weighted by molar-refractivity contribution is 9.10. The highest BCUT2D eigenvalue weighted by Gasteiger charge is 2.37. The fourth-order valence-corrected chi connectivity index (χ4v) is 5.13. The fraction of sp³-hybridized carbons (Fsp3) is 0.400. The predicted molar refractivity (Wildman–Crippen MR) is 126 cm³/mol. The summed E-state index contributed by atoms with van der Waals surface area (Å²) in [6.07, 6.45) is 2.68. The van der Waals surface area contributed by atoms with Gasteiger partial charge in [0.1, 0.15) is 11.2 Å². The summed E-state index contributed by atoms with van der Waals surface area (Å²) < 4.78 is 4.24. The van der Waals surface area contributed by atoms with E-state index in [9.17, 15) is 9.59 Å². The van der Waals surface area contributed by atoms with Crippen LogP contribution in [0.2, 0.25) is 0 Å². The molecule has 2 aromatic rings. The van der Waals surface area contributed by atoms with Crippen LogP contribution >= 0.6 is 62.1 Å². The minimum Gasteiger partial charge on any atom is -0.462 e. The van der Waals surface area contributed by atoms with E-state index < -0.39 is 21.8 Å². The van der Waals surface area contributed by atoms with Gasteiger partial charge in [-0.1, -0.05) is 50.7 Å². The van der Waals surface area contributed by atoms with E-state index in [4.69, 9.17) is 39.5 Å². The number of anilines is 1. The van der Waals surface area contributed by atoms with Gasteiger partial charge >= 0.3 is 5.97 Å². The molecule has 1 heterocycles. The third-order valence-electron chi connectivity index (χ3n) is 4.64. The maximum Gasteiger partial charge on any atom is 0.341 e. The fourth-order valence-electron chi connectivity index (χ4n) is 3.23. The lowest BCUT2D eigenvalue weighted by molar-refractivity contribution is 0.0526. The van der Waals surface area contributed by atoms with E-state index in [1.54, 1.807) is 31.2 Å². The molecule has 30 heavy (non-hydrogen) atoms. The number of hydrogen-bond donors (Lipinski definition) is 2. The highest BCUT2D eigenvalue weighted by atomic mass is 79.9. The molecule has 0 fully saturated rings. The van der Waals surface area contributed by atoms with Crippen LogP contribution < -0.4 is 10.6 Å². The Morgan fingerprint density at radius 1 is 1.20 bits per heavy atom. The molecule has 0 radical (unpaired) electrons. The number of fused-ring (bicyclic) bond motifs is 1. The Labute approximate surface area is 202 Å². The van der Waals surface area contributed by atoms with Crippen molar-refractivity contribution in [3.8, 4) is 0 Å². The summed E-state index contributed by atoms with van der Waals surface area (Å²) in [6.45, 7) is 2.02. The summed E-state index contributed by atoms with van der Waals surface area (Å²) >= 11 is 23.3. The predicted octanol–water partition coefficient (Wildman–Crippen LogP) is 6.10. The summed E-state index contributed by atoms with van der Waals surface area (Å²) in [4.78, 5) is 26.5. The normalized spacial score (nSPS) is 14.6. The van der Waals surface area contributed by atoms with Crippen LogP contribution in [0.1, 0.15) is 50.9 Å². The molecule has 10 heteroatoms. The van der Waals surface area contributed by atoms with E-state index in [2.05, 4.69) is 26.6 Å². The van der Waals surface area contributed by atoms with Crippen molar-refractivity contribution in [1.29, 1.82) is 0 Å². The maximum atomic E-state index is 12.7. The first kappa shape index (κ1) is 23.7. The summed E-state index contributed by atoms with van der Waals surface area (Å²) in [5, 5.41) is 6.32. The van der Waals surface area contributed by atoms with Gasteiger partial charge in [-0.15, -0.1) is 11.3 Å². The lowest BCUT2D eigenvalue weighted by Gasteiger charge is -2.27. The first-order chi connectivity index (χ1) is 14.2. The highest BCUT2D eigenvalue weighted by Crippen LogP contribution is 2.41. The van der Waals surface area contributed by atoms with E-state index in [0.717, 1.165) is 40.6 Å². The Kier molecular flexibility index (Phi) is 7.96. The summed E-state index contributed by atoms with van der Waals surface area (Å²) in [5.74, 6) is -0.827. The number of alkyl halides is 3. The maximum absolute atomic E-state index is 12.7. The van der Waals surface area contributed by atoms with Crippen molar-refractivity contribution in [3.63, 3.8) is 0 Å². The zero-order valence-electron chi connectivity index (χ0n) is 16.1. The lowest BCUT2D eigenvalue weighted by atomic mass is 9.95. The van der Waals surface area contributed by atoms with Gasteiger partial charge in [-0.25, -0.2) is 4.79 Å². The standard InChI is InChI=1S/C20H20BrCl3N2O3S/c1-2-29-18(28)15-13-5-3-4-6-14(13)30-17(15)26-19(20(22,23)24)25-16(27)11-7-9-12(21)10-8-11/h7-10,19,26H,2-6H2,1H3,(H,25,27)/t19-/m0/s1. The molecule has 1 aliphatic rings. The van der Waals surface area contributed by atoms with E-state index in [0.29, 0.717) is 16.1 Å². The van der Waals surface area contributed by atoms with Gasteiger partial charge in [0.25, 0.3) is 5.91 Å². The van der Waals surface area contributed by atoms with Crippen molar-refractivity contribution in [2.45, 2.75) is 42.6 Å². The van der Waals surface area contributed by atoms with Gasteiger partial charge in [-0.2, -0.15) is 0 Å². The van der Waals surface area contributed by atoms with E-state index in [-0.39, 0.29) is 6.61 Å². The smallest absolute Gasteiger partial charge is 0.341 e. The molecular formula is C20H20BrCl3N2O3S. The Morgan fingerprint density at radius 3 is 2.50 bits per heavy atom. The average molecular weight is 555 g/mol. The van der Waals surface area contributed by atoms with Crippen molar-refractivity contribution < 1.29 is 14.3 Å². The van der Waals surface area contributed by atoms with Crippen LogP contribution in [0.4, 0.5) is 5.00 Å². The number of benzene rings is 1. The molecule has 1 aromatic carbocycles. The second-order valence-corrected chi connectivity index (χ2v) is 11.1. The molecule has 0 spiro atoms. The van der Waals surface area contributed by atoms with E-state index in [1.165, 1.54) is 11.3 Å². The second-order valence-electron chi connectivity index (χ2n) is 6.73. The molecule has 5 nitrogen and oxygen atoms in total. The number of amides is 1. The lowest BCUT2D eigenvalue weighted by Crippen LogP contribution is -2.49. The Morgan fingerprint density at radius 2 is 1.87 bits per heavy atom. The summed E-state index contributed by atoms with van der Waals surface area (Å²) in [6, 6.07) is 6.81. The van der Waals surface area contributed by atoms with Crippen LogP contribution in [0.15, 0.2) is 28.7 Å². The van der Waals surface area contributed by atoms with Gasteiger partial charge < -0.3 is 15.4 Å². The molecular weight excluding hydrogens is 535 g/mol. The first-order valence-corrected chi connectivity index (χ1v) is 12.2. The minimum absolute atomic E-state index is 0.261. The molecule has 162 valence electrons. The van der Waals surface area contributed by atoms with Crippen LogP contribution in [-0.2, 0) is 17.6 Å². The number of aryl methyl sites for hydroxylation is 1. The number of esters is 1. The number of ether oxygens (including phenoxy) is 1. The quantitative estimate of drug-likeness (QED) is 0.257. The number of carbonyl (C=O) groups excluding carboxylic acids is 2. The molecule has 0 bridgehead atoms. The topological polar surface area (TPSA) is 67.4 Å². The molecule has 1 atom stereocenters. The number of nitrogens with one attached hydrogen (secondary N) is 2. The van der Waals surface area contributed by atoms with Crippen LogP contribution in [0.5, 0.6) is 0 Å². The van der Waals surface area contributed by atoms with Gasteiger partial charge in [-0.3, -0.25) is 4.79 Å². The SMILES string of the molecule is CCOC(=O)c1c(N[C@H](NC(=O)c2ccc(Br)cc2)C(Cl)(Cl)Cl)sc2c1CCCC2. The van der Waals surface area contributed by atoms with Gasteiger partial charge in [-0.05, 0) is 62.4 Å². The summed E-state index contributed by atoms with van der Waals surface area (Å²) in [7, 11) is 0.